The summed E-state index contributed by atoms with van der Waals surface area (Å²) >= 11 is 1.69. The van der Waals surface area contributed by atoms with Crippen molar-refractivity contribution in [3.05, 3.63) is 118 Å². The fraction of sp³-hybridized carbons (Fsp3) is 0.241. The Bertz CT molecular complexity index is 1110. The van der Waals surface area contributed by atoms with E-state index < -0.39 is 0 Å². The van der Waals surface area contributed by atoms with Gasteiger partial charge in [0.05, 0.1) is 19.6 Å². The van der Waals surface area contributed by atoms with Gasteiger partial charge < -0.3 is 10.5 Å². The number of primary amides is 1. The van der Waals surface area contributed by atoms with E-state index in [1.165, 1.54) is 11.1 Å². The smallest absolute Gasteiger partial charge is 0.221 e. The van der Waals surface area contributed by atoms with Gasteiger partial charge in [-0.2, -0.15) is 0 Å². The molecule has 0 saturated heterocycles. The molecule has 6 heteroatoms. The molecule has 0 aliphatic carbocycles. The summed E-state index contributed by atoms with van der Waals surface area (Å²) < 4.78 is 5.97. The molecule has 2 N–H and O–H groups in total. The molecular formula is C29H31N3O2S. The molecule has 0 fully saturated rings. The molecule has 0 spiro atoms. The van der Waals surface area contributed by atoms with E-state index in [4.69, 9.17) is 10.5 Å². The first-order chi connectivity index (χ1) is 17.2. The van der Waals surface area contributed by atoms with Crippen molar-refractivity contribution in [1.29, 1.82) is 0 Å². The highest BCUT2D eigenvalue weighted by Crippen LogP contribution is 2.26. The maximum Gasteiger partial charge on any atom is 0.221 e. The third kappa shape index (κ3) is 7.77. The summed E-state index contributed by atoms with van der Waals surface area (Å²) in [6.45, 7) is 3.23. The maximum absolute atomic E-state index is 11.1. The van der Waals surface area contributed by atoms with E-state index in [0.717, 1.165) is 42.4 Å². The maximum atomic E-state index is 11.1. The summed E-state index contributed by atoms with van der Waals surface area (Å²) in [5.74, 6) is 0.746. The molecule has 0 aliphatic rings. The molecule has 3 aromatic carbocycles. The first-order valence-electron chi connectivity index (χ1n) is 11.9. The Morgan fingerprint density at radius 3 is 2.17 bits per heavy atom. The van der Waals surface area contributed by atoms with E-state index in [1.54, 1.807) is 11.3 Å². The molecule has 0 bridgehead atoms. The van der Waals surface area contributed by atoms with Gasteiger partial charge in [0.1, 0.15) is 10.8 Å². The minimum absolute atomic E-state index is 0.246. The van der Waals surface area contributed by atoms with Gasteiger partial charge in [0.15, 0.2) is 0 Å². The van der Waals surface area contributed by atoms with Crippen molar-refractivity contribution in [2.45, 2.75) is 25.3 Å². The van der Waals surface area contributed by atoms with Crippen LogP contribution in [0.1, 0.15) is 34.0 Å². The average molecular weight is 486 g/mol. The first kappa shape index (κ1) is 24.6. The molecule has 4 rings (SSSR count). The van der Waals surface area contributed by atoms with E-state index in [-0.39, 0.29) is 18.2 Å². The highest BCUT2D eigenvalue weighted by molar-refractivity contribution is 7.09. The summed E-state index contributed by atoms with van der Waals surface area (Å²) in [4.78, 5) is 18.1. The van der Waals surface area contributed by atoms with Gasteiger partial charge in [0.25, 0.3) is 0 Å². The molecule has 1 aromatic heterocycles. The lowest BCUT2D eigenvalue weighted by Gasteiger charge is -2.28. The first-order valence-corrected chi connectivity index (χ1v) is 12.8. The zero-order valence-corrected chi connectivity index (χ0v) is 20.6. The third-order valence-electron chi connectivity index (χ3n) is 5.88. The number of rotatable bonds is 13. The summed E-state index contributed by atoms with van der Waals surface area (Å²) in [6, 6.07) is 29.0. The Morgan fingerprint density at radius 1 is 0.943 bits per heavy atom. The molecule has 0 saturated carbocycles. The monoisotopic (exact) mass is 485 g/mol. The van der Waals surface area contributed by atoms with Crippen LogP contribution >= 0.6 is 11.3 Å². The van der Waals surface area contributed by atoms with Crippen LogP contribution in [0.5, 0.6) is 5.75 Å². The molecule has 1 heterocycles. The van der Waals surface area contributed by atoms with Crippen LogP contribution in [0, 0.1) is 0 Å². The quantitative estimate of drug-likeness (QED) is 0.262. The number of benzene rings is 3. The molecule has 0 radical (unpaired) electrons. The molecule has 4 aromatic rings. The lowest BCUT2D eigenvalue weighted by Crippen LogP contribution is -2.30. The van der Waals surface area contributed by atoms with Crippen molar-refractivity contribution in [3.8, 4) is 5.75 Å². The number of hydrogen-bond donors (Lipinski definition) is 1. The fourth-order valence-electron chi connectivity index (χ4n) is 4.17. The van der Waals surface area contributed by atoms with E-state index in [0.29, 0.717) is 6.61 Å². The lowest BCUT2D eigenvalue weighted by atomic mass is 9.90. The lowest BCUT2D eigenvalue weighted by molar-refractivity contribution is -0.117. The van der Waals surface area contributed by atoms with E-state index in [1.807, 2.05) is 35.8 Å². The van der Waals surface area contributed by atoms with Crippen LogP contribution in [-0.2, 0) is 17.8 Å². The normalized spacial score (nSPS) is 11.1. The average Bonchev–Trinajstić information content (AvgIpc) is 3.40. The molecule has 0 aliphatic heterocycles. The third-order valence-corrected chi connectivity index (χ3v) is 6.64. The summed E-state index contributed by atoms with van der Waals surface area (Å²) in [7, 11) is 0. The van der Waals surface area contributed by atoms with Crippen LogP contribution in [0.4, 0.5) is 0 Å². The van der Waals surface area contributed by atoms with Crippen LogP contribution in [0.15, 0.2) is 96.5 Å². The summed E-state index contributed by atoms with van der Waals surface area (Å²) in [5.41, 5.74) is 8.79. The second kappa shape index (κ2) is 12.8. The van der Waals surface area contributed by atoms with Crippen LogP contribution < -0.4 is 10.5 Å². The standard InChI is InChI=1S/C29H31N3O2S/c30-28(33)20-23-12-14-26(15-13-23)34-18-7-17-32(22-29-31-16-19-35-29)21-27(24-8-3-1-4-9-24)25-10-5-2-6-11-25/h1-6,8-16,19,27H,7,17-18,20-22H2,(H2,30,33). The Morgan fingerprint density at radius 2 is 1.60 bits per heavy atom. The van der Waals surface area contributed by atoms with Gasteiger partial charge in [0.2, 0.25) is 5.91 Å². The van der Waals surface area contributed by atoms with E-state index in [9.17, 15) is 4.79 Å². The van der Waals surface area contributed by atoms with Crippen molar-refractivity contribution < 1.29 is 9.53 Å². The molecule has 35 heavy (non-hydrogen) atoms. The van der Waals surface area contributed by atoms with E-state index >= 15 is 0 Å². The zero-order valence-electron chi connectivity index (χ0n) is 19.8. The SMILES string of the molecule is NC(=O)Cc1ccc(OCCCN(Cc2nccs2)CC(c2ccccc2)c2ccccc2)cc1. The van der Waals surface area contributed by atoms with Crippen molar-refractivity contribution >= 4 is 17.2 Å². The second-order valence-electron chi connectivity index (χ2n) is 8.52. The van der Waals surface area contributed by atoms with Gasteiger partial charge in [-0.1, -0.05) is 72.8 Å². The van der Waals surface area contributed by atoms with Crippen molar-refractivity contribution in [2.75, 3.05) is 19.7 Å². The Balaban J connectivity index is 1.40. The van der Waals surface area contributed by atoms with Crippen molar-refractivity contribution in [3.63, 3.8) is 0 Å². The van der Waals surface area contributed by atoms with E-state index in [2.05, 4.69) is 70.5 Å². The molecule has 0 unspecified atom stereocenters. The predicted octanol–water partition coefficient (Wildman–Crippen LogP) is 5.27. The minimum atomic E-state index is -0.330. The summed E-state index contributed by atoms with van der Waals surface area (Å²) in [6.07, 6.45) is 3.01. The number of nitrogens with zero attached hydrogens (tertiary/aromatic N) is 2. The Hall–Kier alpha value is -3.48. The number of carbonyl (C=O) groups excluding carboxylic acids is 1. The Kier molecular flexibility index (Phi) is 9.04. The highest BCUT2D eigenvalue weighted by atomic mass is 32.1. The second-order valence-corrected chi connectivity index (χ2v) is 9.50. The highest BCUT2D eigenvalue weighted by Gasteiger charge is 2.19. The van der Waals surface area contributed by atoms with Crippen LogP contribution in [0.25, 0.3) is 0 Å². The number of nitrogens with two attached hydrogens (primary N) is 1. The van der Waals surface area contributed by atoms with Gasteiger partial charge in [-0.3, -0.25) is 9.69 Å². The van der Waals surface area contributed by atoms with Crippen molar-refractivity contribution in [1.82, 2.24) is 9.88 Å². The summed E-state index contributed by atoms with van der Waals surface area (Å²) in [5, 5.41) is 3.15. The molecular weight excluding hydrogens is 454 g/mol. The molecule has 180 valence electrons. The predicted molar refractivity (Wildman–Crippen MR) is 142 cm³/mol. The number of hydrogen-bond acceptors (Lipinski definition) is 5. The van der Waals surface area contributed by atoms with Gasteiger partial charge in [-0.05, 0) is 35.2 Å². The molecule has 1 amide bonds. The van der Waals surface area contributed by atoms with Crippen LogP contribution in [-0.4, -0.2) is 35.5 Å². The largest absolute Gasteiger partial charge is 0.494 e. The number of ether oxygens (including phenoxy) is 1. The number of thiazole rings is 1. The minimum Gasteiger partial charge on any atom is -0.494 e. The van der Waals surface area contributed by atoms with Gasteiger partial charge in [-0.25, -0.2) is 4.98 Å². The van der Waals surface area contributed by atoms with Gasteiger partial charge in [-0.15, -0.1) is 11.3 Å². The zero-order chi connectivity index (χ0) is 24.3. The van der Waals surface area contributed by atoms with Crippen LogP contribution in [0.2, 0.25) is 0 Å². The topological polar surface area (TPSA) is 68.5 Å². The number of carbonyl (C=O) groups is 1. The molecule has 0 atom stereocenters. The van der Waals surface area contributed by atoms with Crippen molar-refractivity contribution in [2.24, 2.45) is 5.73 Å². The van der Waals surface area contributed by atoms with Crippen LogP contribution in [0.3, 0.4) is 0 Å². The Labute approximate surface area is 211 Å². The van der Waals surface area contributed by atoms with Gasteiger partial charge in [0, 0.05) is 30.6 Å². The molecule has 5 nitrogen and oxygen atoms in total. The number of aromatic nitrogens is 1. The van der Waals surface area contributed by atoms with Gasteiger partial charge >= 0.3 is 0 Å². The fourth-order valence-corrected chi connectivity index (χ4v) is 4.83. The number of amides is 1.